The number of nitrogens with one attached hydrogen (secondary N) is 1. The van der Waals surface area contributed by atoms with Gasteiger partial charge in [0.25, 0.3) is 0 Å². The number of benzene rings is 2. The fourth-order valence-electron chi connectivity index (χ4n) is 5.27. The van der Waals surface area contributed by atoms with E-state index in [2.05, 4.69) is 17.5 Å². The van der Waals surface area contributed by atoms with Crippen molar-refractivity contribution in [1.29, 1.82) is 0 Å². The second-order valence-corrected chi connectivity index (χ2v) is 8.46. The second kappa shape index (κ2) is 7.56. The average Bonchev–Trinajstić information content (AvgIpc) is 3.46. The highest BCUT2D eigenvalue weighted by Crippen LogP contribution is 2.52. The van der Waals surface area contributed by atoms with E-state index in [4.69, 9.17) is 0 Å². The Labute approximate surface area is 175 Å². The Hall–Kier alpha value is -3.21. The number of hydrogen-bond donors (Lipinski definition) is 1. The molecule has 2 aromatic rings. The van der Waals surface area contributed by atoms with Gasteiger partial charge in [-0.1, -0.05) is 72.8 Å². The molecule has 5 atom stereocenters. The molecule has 5 rings (SSSR count). The number of rotatable bonds is 6. The predicted molar refractivity (Wildman–Crippen MR) is 112 cm³/mol. The monoisotopic (exact) mass is 400 g/mol. The first-order valence-corrected chi connectivity index (χ1v) is 10.5. The van der Waals surface area contributed by atoms with Crippen LogP contribution in [0.25, 0.3) is 0 Å². The number of imide groups is 1. The fourth-order valence-corrected chi connectivity index (χ4v) is 5.27. The number of carbonyl (C=O) groups excluding carboxylic acids is 3. The van der Waals surface area contributed by atoms with Crippen LogP contribution < -0.4 is 5.32 Å². The molecule has 3 aliphatic rings. The van der Waals surface area contributed by atoms with Gasteiger partial charge in [-0.3, -0.25) is 19.3 Å². The van der Waals surface area contributed by atoms with Gasteiger partial charge in [0.1, 0.15) is 6.04 Å². The number of amides is 3. The highest BCUT2D eigenvalue weighted by Gasteiger charge is 2.61. The zero-order valence-electron chi connectivity index (χ0n) is 16.6. The highest BCUT2D eigenvalue weighted by molar-refractivity contribution is 6.09. The molecule has 1 heterocycles. The maximum Gasteiger partial charge on any atom is 0.243 e. The van der Waals surface area contributed by atoms with Crippen LogP contribution in [-0.4, -0.2) is 28.7 Å². The number of hydrogen-bond acceptors (Lipinski definition) is 3. The first kappa shape index (κ1) is 18.8. The fraction of sp³-hybridized carbons (Fsp3) is 0.320. The Bertz CT molecular complexity index is 972. The van der Waals surface area contributed by atoms with Gasteiger partial charge in [0, 0.05) is 13.0 Å². The first-order valence-electron chi connectivity index (χ1n) is 10.5. The predicted octanol–water partition coefficient (Wildman–Crippen LogP) is 2.72. The maximum atomic E-state index is 13.3. The molecule has 1 aliphatic heterocycles. The van der Waals surface area contributed by atoms with E-state index in [9.17, 15) is 14.4 Å². The second-order valence-electron chi connectivity index (χ2n) is 8.46. The summed E-state index contributed by atoms with van der Waals surface area (Å²) in [5.41, 5.74) is 1.90. The molecule has 2 bridgehead atoms. The van der Waals surface area contributed by atoms with Gasteiger partial charge in [0.15, 0.2) is 0 Å². The van der Waals surface area contributed by atoms with Crippen LogP contribution in [0.1, 0.15) is 17.5 Å². The van der Waals surface area contributed by atoms with E-state index in [0.717, 1.165) is 17.5 Å². The van der Waals surface area contributed by atoms with Gasteiger partial charge in [-0.15, -0.1) is 0 Å². The van der Waals surface area contributed by atoms with Crippen molar-refractivity contribution in [3.63, 3.8) is 0 Å². The van der Waals surface area contributed by atoms with Gasteiger partial charge in [-0.25, -0.2) is 0 Å². The highest BCUT2D eigenvalue weighted by atomic mass is 16.2. The summed E-state index contributed by atoms with van der Waals surface area (Å²) in [6, 6.07) is 18.4. The molecule has 30 heavy (non-hydrogen) atoms. The Kier molecular flexibility index (Phi) is 4.74. The van der Waals surface area contributed by atoms with E-state index in [1.807, 2.05) is 60.7 Å². The Morgan fingerprint density at radius 2 is 1.40 bits per heavy atom. The summed E-state index contributed by atoms with van der Waals surface area (Å²) < 4.78 is 0. The number of carbonyl (C=O) groups is 3. The Morgan fingerprint density at radius 3 is 1.97 bits per heavy atom. The lowest BCUT2D eigenvalue weighted by molar-refractivity contribution is -0.148. The molecule has 0 radical (unpaired) electrons. The lowest BCUT2D eigenvalue weighted by atomic mass is 9.85. The molecule has 3 amide bonds. The maximum absolute atomic E-state index is 13.3. The number of nitrogens with zero attached hydrogens (tertiary/aromatic N) is 1. The Balaban J connectivity index is 1.40. The molecule has 2 aromatic carbocycles. The lowest BCUT2D eigenvalue weighted by Gasteiger charge is -2.27. The molecule has 0 spiro atoms. The molecule has 0 aromatic heterocycles. The van der Waals surface area contributed by atoms with E-state index in [1.54, 1.807) is 0 Å². The summed E-state index contributed by atoms with van der Waals surface area (Å²) in [4.78, 5) is 41.1. The molecule has 2 aliphatic carbocycles. The van der Waals surface area contributed by atoms with Crippen molar-refractivity contribution >= 4 is 17.7 Å². The molecular formula is C25H24N2O3. The molecule has 5 heteroatoms. The molecular weight excluding hydrogens is 376 g/mol. The summed E-state index contributed by atoms with van der Waals surface area (Å²) in [5.74, 6) is -0.988. The molecule has 1 saturated carbocycles. The molecule has 1 saturated heterocycles. The molecule has 152 valence electrons. The van der Waals surface area contributed by atoms with Crippen molar-refractivity contribution in [2.24, 2.45) is 23.7 Å². The van der Waals surface area contributed by atoms with Crippen LogP contribution in [0.15, 0.2) is 72.8 Å². The van der Waals surface area contributed by atoms with Crippen LogP contribution in [0.5, 0.6) is 0 Å². The van der Waals surface area contributed by atoms with E-state index in [-0.39, 0.29) is 41.4 Å². The third-order valence-corrected chi connectivity index (χ3v) is 6.70. The van der Waals surface area contributed by atoms with Crippen LogP contribution in [0.4, 0.5) is 0 Å². The van der Waals surface area contributed by atoms with Crippen LogP contribution in [-0.2, 0) is 27.3 Å². The standard InChI is InChI=1S/C25H24N2O3/c28-23(26-15-17-9-5-2-6-10-17)20(13-16-7-3-1-4-8-16)27-24(29)21-18-11-12-19(14-18)22(21)25(27)30/h1-12,18-22H,13-15H2,(H,26,28)/t18-,19-,20-,21+,22+/m0/s1. The van der Waals surface area contributed by atoms with Crippen molar-refractivity contribution in [2.75, 3.05) is 0 Å². The number of likely N-dealkylation sites (tertiary alicyclic amines) is 1. The van der Waals surface area contributed by atoms with E-state index < -0.39 is 6.04 Å². The first-order chi connectivity index (χ1) is 14.6. The average molecular weight is 400 g/mol. The van der Waals surface area contributed by atoms with E-state index in [1.165, 1.54) is 4.90 Å². The van der Waals surface area contributed by atoms with Crippen LogP contribution in [0, 0.1) is 23.7 Å². The summed E-state index contributed by atoms with van der Waals surface area (Å²) in [5, 5.41) is 2.94. The topological polar surface area (TPSA) is 66.5 Å². The third kappa shape index (κ3) is 3.15. The van der Waals surface area contributed by atoms with Gasteiger partial charge in [-0.2, -0.15) is 0 Å². The van der Waals surface area contributed by atoms with Gasteiger partial charge in [0.05, 0.1) is 11.8 Å². The van der Waals surface area contributed by atoms with E-state index in [0.29, 0.717) is 13.0 Å². The zero-order valence-corrected chi connectivity index (χ0v) is 16.6. The van der Waals surface area contributed by atoms with Crippen molar-refractivity contribution < 1.29 is 14.4 Å². The van der Waals surface area contributed by atoms with Crippen LogP contribution >= 0.6 is 0 Å². The van der Waals surface area contributed by atoms with Gasteiger partial charge in [0.2, 0.25) is 17.7 Å². The van der Waals surface area contributed by atoms with E-state index >= 15 is 0 Å². The van der Waals surface area contributed by atoms with Gasteiger partial charge >= 0.3 is 0 Å². The summed E-state index contributed by atoms with van der Waals surface area (Å²) in [6.45, 7) is 0.362. The minimum Gasteiger partial charge on any atom is -0.350 e. The van der Waals surface area contributed by atoms with Crippen molar-refractivity contribution in [2.45, 2.75) is 25.4 Å². The summed E-state index contributed by atoms with van der Waals surface area (Å²) in [6.07, 6.45) is 5.34. The number of allylic oxidation sites excluding steroid dienone is 2. The van der Waals surface area contributed by atoms with Crippen molar-refractivity contribution in [3.8, 4) is 0 Å². The van der Waals surface area contributed by atoms with Gasteiger partial charge < -0.3 is 5.32 Å². The normalized spacial score (nSPS) is 27.4. The smallest absolute Gasteiger partial charge is 0.243 e. The molecule has 2 fully saturated rings. The van der Waals surface area contributed by atoms with Crippen LogP contribution in [0.2, 0.25) is 0 Å². The number of fused-ring (bicyclic) bond motifs is 5. The zero-order chi connectivity index (χ0) is 20.7. The largest absolute Gasteiger partial charge is 0.350 e. The molecule has 0 unspecified atom stereocenters. The summed E-state index contributed by atoms with van der Waals surface area (Å²) in [7, 11) is 0. The lowest BCUT2D eigenvalue weighted by Crippen LogP contribution is -2.51. The van der Waals surface area contributed by atoms with Crippen molar-refractivity contribution in [3.05, 3.63) is 83.9 Å². The minimum absolute atomic E-state index is 0.131. The quantitative estimate of drug-likeness (QED) is 0.599. The van der Waals surface area contributed by atoms with Crippen molar-refractivity contribution in [1.82, 2.24) is 10.2 Å². The molecule has 1 N–H and O–H groups in total. The van der Waals surface area contributed by atoms with Gasteiger partial charge in [-0.05, 0) is 29.4 Å². The molecule has 5 nitrogen and oxygen atoms in total. The Morgan fingerprint density at radius 1 is 0.867 bits per heavy atom. The SMILES string of the molecule is O=C(NCc1ccccc1)[C@H](Cc1ccccc1)N1C(=O)[C@H]2[C@H](C1=O)[C@H]1C=C[C@H]2C1. The minimum atomic E-state index is -0.832. The summed E-state index contributed by atoms with van der Waals surface area (Å²) >= 11 is 0. The van der Waals surface area contributed by atoms with Crippen LogP contribution in [0.3, 0.4) is 0 Å². The third-order valence-electron chi connectivity index (χ3n) is 6.70.